The van der Waals surface area contributed by atoms with Crippen LogP contribution in [0.2, 0.25) is 0 Å². The summed E-state index contributed by atoms with van der Waals surface area (Å²) >= 11 is 0. The Kier molecular flexibility index (Phi) is 4.09. The molecule has 21 heavy (non-hydrogen) atoms. The molecule has 2 aromatic rings. The summed E-state index contributed by atoms with van der Waals surface area (Å²) in [5.41, 5.74) is 6.96. The van der Waals surface area contributed by atoms with E-state index in [1.165, 1.54) is 11.7 Å². The van der Waals surface area contributed by atoms with Crippen molar-refractivity contribution in [3.63, 3.8) is 0 Å². The van der Waals surface area contributed by atoms with Gasteiger partial charge in [0.15, 0.2) is 5.82 Å². The predicted molar refractivity (Wildman–Crippen MR) is 71.7 cm³/mol. The quantitative estimate of drug-likeness (QED) is 0.472. The van der Waals surface area contributed by atoms with E-state index in [0.29, 0.717) is 11.4 Å². The molecular weight excluding hydrogens is 276 g/mol. The molecule has 0 fully saturated rings. The standard InChI is InChI=1S/C11H14N8O2/c1-7(2)10(20)13-16-14-11(21)9-12-17-19(15-9)8-5-4-6-18(8)3/h4-6,16H,1H2,2-3H3,(H,13,20)(H,14,21). The molecule has 10 nitrogen and oxygen atoms in total. The molecule has 0 bridgehead atoms. The van der Waals surface area contributed by atoms with Gasteiger partial charge >= 0.3 is 5.91 Å². The SMILES string of the molecule is C=C(C)C(=O)NNNC(=O)c1nnn(-c2cccn2C)n1. The van der Waals surface area contributed by atoms with Gasteiger partial charge in [0.1, 0.15) is 0 Å². The summed E-state index contributed by atoms with van der Waals surface area (Å²) in [7, 11) is 1.81. The third kappa shape index (κ3) is 3.30. The van der Waals surface area contributed by atoms with E-state index in [1.54, 1.807) is 10.6 Å². The second-order valence-corrected chi connectivity index (χ2v) is 4.19. The minimum atomic E-state index is -0.641. The fourth-order valence-corrected chi connectivity index (χ4v) is 1.37. The summed E-state index contributed by atoms with van der Waals surface area (Å²) in [6.45, 7) is 4.98. The van der Waals surface area contributed by atoms with Crippen LogP contribution in [0.1, 0.15) is 17.5 Å². The monoisotopic (exact) mass is 290 g/mol. The van der Waals surface area contributed by atoms with Crippen LogP contribution in [0.15, 0.2) is 30.5 Å². The van der Waals surface area contributed by atoms with E-state index in [2.05, 4.69) is 38.4 Å². The van der Waals surface area contributed by atoms with Gasteiger partial charge < -0.3 is 4.57 Å². The third-order valence-electron chi connectivity index (χ3n) is 2.48. The Morgan fingerprint density at radius 1 is 1.33 bits per heavy atom. The molecule has 0 aliphatic heterocycles. The van der Waals surface area contributed by atoms with Crippen LogP contribution < -0.4 is 16.4 Å². The molecular formula is C11H14N8O2. The highest BCUT2D eigenvalue weighted by Gasteiger charge is 2.14. The molecule has 0 aromatic carbocycles. The molecule has 0 atom stereocenters. The first-order valence-electron chi connectivity index (χ1n) is 5.92. The van der Waals surface area contributed by atoms with Crippen LogP contribution in [0, 0.1) is 0 Å². The summed E-state index contributed by atoms with van der Waals surface area (Å²) < 4.78 is 1.77. The van der Waals surface area contributed by atoms with Gasteiger partial charge in [-0.25, -0.2) is 0 Å². The minimum Gasteiger partial charge on any atom is -0.335 e. The molecule has 10 heteroatoms. The Balaban J connectivity index is 1.95. The van der Waals surface area contributed by atoms with Crippen molar-refractivity contribution in [2.45, 2.75) is 6.92 Å². The van der Waals surface area contributed by atoms with Crippen molar-refractivity contribution >= 4 is 11.8 Å². The summed E-state index contributed by atoms with van der Waals surface area (Å²) in [6, 6.07) is 3.59. The fourth-order valence-electron chi connectivity index (χ4n) is 1.37. The topological polar surface area (TPSA) is 119 Å². The smallest absolute Gasteiger partial charge is 0.308 e. The zero-order chi connectivity index (χ0) is 15.4. The first-order chi connectivity index (χ1) is 9.99. The number of nitrogens with one attached hydrogen (secondary N) is 3. The van der Waals surface area contributed by atoms with E-state index >= 15 is 0 Å². The number of hydrogen-bond donors (Lipinski definition) is 3. The molecule has 0 aliphatic rings. The van der Waals surface area contributed by atoms with E-state index in [1.807, 2.05) is 19.3 Å². The van der Waals surface area contributed by atoms with Gasteiger partial charge in [-0.15, -0.1) is 20.5 Å². The number of aromatic nitrogens is 5. The highest BCUT2D eigenvalue weighted by Crippen LogP contribution is 2.03. The molecule has 2 rings (SSSR count). The molecule has 2 aromatic heterocycles. The van der Waals surface area contributed by atoms with Gasteiger partial charge in [0.25, 0.3) is 11.7 Å². The Labute approximate surface area is 119 Å². The van der Waals surface area contributed by atoms with Gasteiger partial charge in [0.2, 0.25) is 0 Å². The fraction of sp³-hybridized carbons (Fsp3) is 0.182. The summed E-state index contributed by atoms with van der Waals surface area (Å²) in [4.78, 5) is 24.1. The molecule has 0 aliphatic carbocycles. The van der Waals surface area contributed by atoms with Gasteiger partial charge in [-0.2, -0.15) is 0 Å². The summed E-state index contributed by atoms with van der Waals surface area (Å²) in [5, 5.41) is 11.3. The first kappa shape index (κ1) is 14.4. The van der Waals surface area contributed by atoms with Gasteiger partial charge in [-0.1, -0.05) is 6.58 Å². The average molecular weight is 290 g/mol. The van der Waals surface area contributed by atoms with Crippen molar-refractivity contribution in [1.29, 1.82) is 0 Å². The Bertz CT molecular complexity index is 686. The van der Waals surface area contributed by atoms with Crippen LogP contribution in [-0.2, 0) is 11.8 Å². The number of carbonyl (C=O) groups excluding carboxylic acids is 2. The van der Waals surface area contributed by atoms with Crippen molar-refractivity contribution in [2.24, 2.45) is 7.05 Å². The van der Waals surface area contributed by atoms with Crippen molar-refractivity contribution in [1.82, 2.24) is 41.2 Å². The van der Waals surface area contributed by atoms with E-state index in [-0.39, 0.29) is 5.82 Å². The van der Waals surface area contributed by atoms with Crippen molar-refractivity contribution in [3.05, 3.63) is 36.3 Å². The minimum absolute atomic E-state index is 0.145. The zero-order valence-electron chi connectivity index (χ0n) is 11.5. The summed E-state index contributed by atoms with van der Waals surface area (Å²) in [6.07, 6.45) is 1.81. The Morgan fingerprint density at radius 3 is 2.71 bits per heavy atom. The lowest BCUT2D eigenvalue weighted by molar-refractivity contribution is -0.118. The van der Waals surface area contributed by atoms with Gasteiger partial charge in [0, 0.05) is 18.8 Å². The van der Waals surface area contributed by atoms with Crippen molar-refractivity contribution in [3.8, 4) is 5.82 Å². The predicted octanol–water partition coefficient (Wildman–Crippen LogP) is -1.16. The Morgan fingerprint density at radius 2 is 2.10 bits per heavy atom. The number of nitrogens with zero attached hydrogens (tertiary/aromatic N) is 5. The van der Waals surface area contributed by atoms with E-state index < -0.39 is 11.8 Å². The number of hydrazine groups is 2. The number of aryl methyl sites for hydroxylation is 1. The normalized spacial score (nSPS) is 10.2. The molecule has 2 heterocycles. The highest BCUT2D eigenvalue weighted by atomic mass is 16.2. The van der Waals surface area contributed by atoms with Crippen LogP contribution in [0.4, 0.5) is 0 Å². The van der Waals surface area contributed by atoms with Crippen LogP contribution in [0.25, 0.3) is 5.82 Å². The molecule has 2 amide bonds. The number of rotatable bonds is 5. The Hall–Kier alpha value is -3.01. The van der Waals surface area contributed by atoms with E-state index in [9.17, 15) is 9.59 Å². The number of hydrogen-bond acceptors (Lipinski definition) is 6. The number of tetrazole rings is 1. The lowest BCUT2D eigenvalue weighted by Gasteiger charge is -2.06. The lowest BCUT2D eigenvalue weighted by Crippen LogP contribution is -2.49. The second kappa shape index (κ2) is 5.96. The number of amides is 2. The van der Waals surface area contributed by atoms with E-state index in [0.717, 1.165) is 0 Å². The third-order valence-corrected chi connectivity index (χ3v) is 2.48. The van der Waals surface area contributed by atoms with Crippen molar-refractivity contribution < 1.29 is 9.59 Å². The zero-order valence-corrected chi connectivity index (χ0v) is 11.5. The van der Waals surface area contributed by atoms with Crippen LogP contribution >= 0.6 is 0 Å². The molecule has 0 radical (unpaired) electrons. The highest BCUT2D eigenvalue weighted by molar-refractivity contribution is 5.92. The largest absolute Gasteiger partial charge is 0.335 e. The molecule has 0 spiro atoms. The van der Waals surface area contributed by atoms with Gasteiger partial charge in [-0.05, 0) is 24.3 Å². The van der Waals surface area contributed by atoms with Crippen LogP contribution in [0.5, 0.6) is 0 Å². The molecule has 0 saturated carbocycles. The van der Waals surface area contributed by atoms with Gasteiger partial charge in [0.05, 0.1) is 0 Å². The van der Waals surface area contributed by atoms with Crippen LogP contribution in [0.3, 0.4) is 0 Å². The van der Waals surface area contributed by atoms with E-state index in [4.69, 9.17) is 0 Å². The maximum Gasteiger partial charge on any atom is 0.308 e. The molecule has 110 valence electrons. The summed E-state index contributed by atoms with van der Waals surface area (Å²) in [5.74, 6) is -0.577. The number of carbonyl (C=O) groups is 2. The first-order valence-corrected chi connectivity index (χ1v) is 5.92. The second-order valence-electron chi connectivity index (χ2n) is 4.19. The average Bonchev–Trinajstić information content (AvgIpc) is 3.06. The molecule has 0 saturated heterocycles. The van der Waals surface area contributed by atoms with Crippen LogP contribution in [-0.4, -0.2) is 36.6 Å². The van der Waals surface area contributed by atoms with Crippen molar-refractivity contribution in [2.75, 3.05) is 0 Å². The molecule has 3 N–H and O–H groups in total. The van der Waals surface area contributed by atoms with Gasteiger partial charge in [-0.3, -0.25) is 20.4 Å². The molecule has 0 unspecified atom stereocenters. The maximum absolute atomic E-state index is 11.7. The lowest BCUT2D eigenvalue weighted by atomic mass is 10.3. The maximum atomic E-state index is 11.7.